The second-order valence-electron chi connectivity index (χ2n) is 7.60. The van der Waals surface area contributed by atoms with Crippen LogP contribution in [0.15, 0.2) is 0 Å². The maximum atomic E-state index is 6.12. The first-order chi connectivity index (χ1) is 9.47. The van der Waals surface area contributed by atoms with Crippen LogP contribution in [0.4, 0.5) is 5.82 Å². The molecule has 2 atom stereocenters. The van der Waals surface area contributed by atoms with Crippen molar-refractivity contribution in [3.63, 3.8) is 0 Å². The summed E-state index contributed by atoms with van der Waals surface area (Å²) in [4.78, 5) is 2.40. The van der Waals surface area contributed by atoms with Gasteiger partial charge in [0.2, 0.25) is 0 Å². The lowest BCUT2D eigenvalue weighted by molar-refractivity contribution is 0.284. The summed E-state index contributed by atoms with van der Waals surface area (Å²) in [6.07, 6.45) is 6.05. The van der Waals surface area contributed by atoms with E-state index in [9.17, 15) is 0 Å². The van der Waals surface area contributed by atoms with E-state index in [1.54, 1.807) is 0 Å². The molecule has 1 fully saturated rings. The minimum atomic E-state index is 0.303. The highest BCUT2D eigenvalue weighted by atomic mass is 15.3. The van der Waals surface area contributed by atoms with Crippen LogP contribution in [0.5, 0.6) is 0 Å². The molecule has 112 valence electrons. The van der Waals surface area contributed by atoms with Crippen molar-refractivity contribution in [2.45, 2.75) is 64.8 Å². The van der Waals surface area contributed by atoms with E-state index in [4.69, 9.17) is 5.73 Å². The van der Waals surface area contributed by atoms with E-state index in [1.165, 1.54) is 42.8 Å². The summed E-state index contributed by atoms with van der Waals surface area (Å²) in [5, 5.41) is 8.03. The van der Waals surface area contributed by atoms with Crippen molar-refractivity contribution >= 4 is 5.82 Å². The van der Waals surface area contributed by atoms with Gasteiger partial charge in [0.25, 0.3) is 0 Å². The third-order valence-corrected chi connectivity index (χ3v) is 4.95. The summed E-state index contributed by atoms with van der Waals surface area (Å²) in [6, 6.07) is 0.304. The van der Waals surface area contributed by atoms with Gasteiger partial charge >= 0.3 is 0 Å². The van der Waals surface area contributed by atoms with Gasteiger partial charge in [0.1, 0.15) is 0 Å². The number of rotatable bonds is 1. The van der Waals surface area contributed by atoms with Gasteiger partial charge in [0.15, 0.2) is 5.82 Å². The van der Waals surface area contributed by atoms with Crippen molar-refractivity contribution in [3.05, 3.63) is 11.3 Å². The van der Waals surface area contributed by atoms with Gasteiger partial charge < -0.3 is 10.6 Å². The molecule has 0 bridgehead atoms. The second kappa shape index (κ2) is 5.06. The molecular formula is C16H28N4. The van der Waals surface area contributed by atoms with Crippen LogP contribution in [0.3, 0.4) is 0 Å². The molecule has 3 rings (SSSR count). The topological polar surface area (TPSA) is 57.9 Å². The molecule has 2 unspecified atom stereocenters. The number of piperidine rings is 1. The summed E-state index contributed by atoms with van der Waals surface area (Å²) in [6.45, 7) is 9.07. The van der Waals surface area contributed by atoms with Crippen LogP contribution in [0.25, 0.3) is 0 Å². The van der Waals surface area contributed by atoms with Crippen molar-refractivity contribution in [2.75, 3.05) is 18.0 Å². The lowest BCUT2D eigenvalue weighted by Crippen LogP contribution is -2.43. The minimum absolute atomic E-state index is 0.303. The van der Waals surface area contributed by atoms with Crippen LogP contribution in [-0.4, -0.2) is 29.3 Å². The highest BCUT2D eigenvalue weighted by Crippen LogP contribution is 2.44. The largest absolute Gasteiger partial charge is 0.353 e. The van der Waals surface area contributed by atoms with Crippen molar-refractivity contribution in [2.24, 2.45) is 11.1 Å². The monoisotopic (exact) mass is 276 g/mol. The lowest BCUT2D eigenvalue weighted by atomic mass is 9.72. The van der Waals surface area contributed by atoms with E-state index >= 15 is 0 Å². The lowest BCUT2D eigenvalue weighted by Gasteiger charge is -2.35. The van der Waals surface area contributed by atoms with Gasteiger partial charge in [-0.25, -0.2) is 0 Å². The highest BCUT2D eigenvalue weighted by Gasteiger charge is 2.34. The number of anilines is 1. The highest BCUT2D eigenvalue weighted by molar-refractivity contribution is 5.52. The number of fused-ring (bicyclic) bond motifs is 1. The van der Waals surface area contributed by atoms with Gasteiger partial charge in [-0.1, -0.05) is 20.8 Å². The fourth-order valence-electron chi connectivity index (χ4n) is 3.86. The Morgan fingerprint density at radius 1 is 1.25 bits per heavy atom. The van der Waals surface area contributed by atoms with E-state index in [2.05, 4.69) is 35.9 Å². The molecule has 1 aromatic heterocycles. The fourth-order valence-corrected chi connectivity index (χ4v) is 3.86. The minimum Gasteiger partial charge on any atom is -0.353 e. The van der Waals surface area contributed by atoms with Crippen molar-refractivity contribution in [3.8, 4) is 0 Å². The molecule has 1 saturated heterocycles. The number of aromatic nitrogens is 2. The Morgan fingerprint density at radius 2 is 2.05 bits per heavy atom. The molecule has 1 aliphatic carbocycles. The first kappa shape index (κ1) is 13.9. The summed E-state index contributed by atoms with van der Waals surface area (Å²) in [5.74, 6) is 1.79. The smallest absolute Gasteiger partial charge is 0.153 e. The van der Waals surface area contributed by atoms with Gasteiger partial charge in [-0.2, -0.15) is 5.10 Å². The number of nitrogens with two attached hydrogens (primary N) is 1. The van der Waals surface area contributed by atoms with E-state index in [1.807, 2.05) is 0 Å². The molecule has 0 amide bonds. The summed E-state index contributed by atoms with van der Waals surface area (Å²) < 4.78 is 0. The Bertz CT molecular complexity index is 471. The molecule has 1 aromatic rings. The van der Waals surface area contributed by atoms with Gasteiger partial charge in [0.05, 0.1) is 0 Å². The Balaban J connectivity index is 1.90. The molecule has 3 N–H and O–H groups in total. The number of nitrogens with zero attached hydrogens (tertiary/aromatic N) is 2. The van der Waals surface area contributed by atoms with Crippen LogP contribution in [0.1, 0.15) is 63.6 Å². The summed E-state index contributed by atoms with van der Waals surface area (Å²) >= 11 is 0. The van der Waals surface area contributed by atoms with Crippen LogP contribution >= 0.6 is 0 Å². The Morgan fingerprint density at radius 3 is 2.75 bits per heavy atom. The second-order valence-corrected chi connectivity index (χ2v) is 7.60. The number of H-pyrrole nitrogens is 1. The van der Waals surface area contributed by atoms with Gasteiger partial charge in [-0.3, -0.25) is 5.10 Å². The number of hydrogen-bond acceptors (Lipinski definition) is 3. The van der Waals surface area contributed by atoms with Gasteiger partial charge in [-0.15, -0.1) is 0 Å². The average molecular weight is 276 g/mol. The predicted molar refractivity (Wildman–Crippen MR) is 83.1 cm³/mol. The van der Waals surface area contributed by atoms with Crippen molar-refractivity contribution in [1.82, 2.24) is 10.2 Å². The maximum absolute atomic E-state index is 6.12. The molecule has 4 nitrogen and oxygen atoms in total. The van der Waals surface area contributed by atoms with Crippen LogP contribution in [0.2, 0.25) is 0 Å². The van der Waals surface area contributed by atoms with Crippen LogP contribution < -0.4 is 10.6 Å². The van der Waals surface area contributed by atoms with Crippen LogP contribution in [-0.2, 0) is 6.42 Å². The zero-order valence-electron chi connectivity index (χ0n) is 13.1. The third-order valence-electron chi connectivity index (χ3n) is 4.95. The third kappa shape index (κ3) is 2.46. The summed E-state index contributed by atoms with van der Waals surface area (Å²) in [7, 11) is 0. The van der Waals surface area contributed by atoms with Gasteiger partial charge in [0, 0.05) is 36.3 Å². The van der Waals surface area contributed by atoms with E-state index in [0.29, 0.717) is 17.4 Å². The van der Waals surface area contributed by atoms with Crippen molar-refractivity contribution < 1.29 is 0 Å². The van der Waals surface area contributed by atoms with E-state index in [-0.39, 0.29) is 0 Å². The first-order valence-corrected chi connectivity index (χ1v) is 8.04. The van der Waals surface area contributed by atoms with E-state index < -0.39 is 0 Å². The average Bonchev–Trinajstić information content (AvgIpc) is 2.81. The number of aromatic amines is 1. The first-order valence-electron chi connectivity index (χ1n) is 8.04. The van der Waals surface area contributed by atoms with Crippen molar-refractivity contribution in [1.29, 1.82) is 0 Å². The molecule has 2 heterocycles. The van der Waals surface area contributed by atoms with E-state index in [0.717, 1.165) is 19.5 Å². The Labute approximate surface area is 122 Å². The fraction of sp³-hybridized carbons (Fsp3) is 0.812. The number of hydrogen-bond donors (Lipinski definition) is 2. The zero-order chi connectivity index (χ0) is 14.3. The molecular weight excluding hydrogens is 248 g/mol. The SMILES string of the molecule is CC(C)(C)C1CCCc2c(N3CCCC(N)C3)n[nH]c21. The zero-order valence-corrected chi connectivity index (χ0v) is 13.1. The maximum Gasteiger partial charge on any atom is 0.153 e. The molecule has 20 heavy (non-hydrogen) atoms. The molecule has 2 aliphatic rings. The molecule has 0 spiro atoms. The summed E-state index contributed by atoms with van der Waals surface area (Å²) in [5.41, 5.74) is 9.28. The number of nitrogens with one attached hydrogen (secondary N) is 1. The van der Waals surface area contributed by atoms with Crippen LogP contribution in [0, 0.1) is 5.41 Å². The normalized spacial score (nSPS) is 27.5. The predicted octanol–water partition coefficient (Wildman–Crippen LogP) is 2.80. The standard InChI is InChI=1S/C16H28N4/c1-16(2,3)13-8-4-7-12-14(13)18-19-15(12)20-9-5-6-11(17)10-20/h11,13H,4-10,17H2,1-3H3,(H,18,19). The molecule has 0 saturated carbocycles. The molecule has 4 heteroatoms. The Kier molecular flexibility index (Phi) is 3.53. The Hall–Kier alpha value is -1.03. The molecule has 1 aliphatic heterocycles. The molecule has 0 radical (unpaired) electrons. The van der Waals surface area contributed by atoms with Gasteiger partial charge in [-0.05, 0) is 37.5 Å². The molecule has 0 aromatic carbocycles. The quantitative estimate of drug-likeness (QED) is 0.829.